The molecule has 0 aliphatic carbocycles. The summed E-state index contributed by atoms with van der Waals surface area (Å²) in [6.07, 6.45) is 4.13. The lowest BCUT2D eigenvalue weighted by Crippen LogP contribution is -2.43. The topological polar surface area (TPSA) is 94.8 Å². The lowest BCUT2D eigenvalue weighted by atomic mass is 10.0. The van der Waals surface area contributed by atoms with Crippen molar-refractivity contribution in [1.82, 2.24) is 0 Å². The van der Waals surface area contributed by atoms with E-state index in [1.165, 1.54) is 11.8 Å². The van der Waals surface area contributed by atoms with Crippen molar-refractivity contribution in [2.45, 2.75) is 44.1 Å². The molecule has 1 atom stereocenters. The van der Waals surface area contributed by atoms with Crippen LogP contribution < -0.4 is 0 Å². The van der Waals surface area contributed by atoms with Gasteiger partial charge in [0, 0.05) is 10.8 Å². The molecule has 1 aromatic carbocycles. The summed E-state index contributed by atoms with van der Waals surface area (Å²) < 4.78 is 0. The Kier molecular flexibility index (Phi) is 9.18. The fourth-order valence-corrected chi connectivity index (χ4v) is 3.60. The van der Waals surface area contributed by atoms with Crippen molar-refractivity contribution < 1.29 is 24.9 Å². The number of rotatable bonds is 12. The lowest BCUT2D eigenvalue weighted by molar-refractivity contribution is -0.162. The molecular formula is C17H23ClO5S. The van der Waals surface area contributed by atoms with Crippen LogP contribution in [0.4, 0.5) is 0 Å². The van der Waals surface area contributed by atoms with Crippen LogP contribution in [-0.2, 0) is 16.0 Å². The minimum Gasteiger partial charge on any atom is -0.481 e. The van der Waals surface area contributed by atoms with Gasteiger partial charge in [0.15, 0.2) is 5.60 Å². The molecule has 134 valence electrons. The van der Waals surface area contributed by atoms with Crippen molar-refractivity contribution in [2.24, 2.45) is 0 Å². The van der Waals surface area contributed by atoms with Crippen molar-refractivity contribution in [3.05, 3.63) is 34.9 Å². The first-order chi connectivity index (χ1) is 11.3. The van der Waals surface area contributed by atoms with Crippen LogP contribution in [0, 0.1) is 0 Å². The minimum atomic E-state index is -2.19. The van der Waals surface area contributed by atoms with E-state index >= 15 is 0 Å². The van der Waals surface area contributed by atoms with Crippen LogP contribution in [0.2, 0.25) is 5.02 Å². The van der Waals surface area contributed by atoms with Gasteiger partial charge in [0.2, 0.25) is 0 Å². The van der Waals surface area contributed by atoms with Crippen molar-refractivity contribution in [1.29, 1.82) is 0 Å². The number of aryl methyl sites for hydroxylation is 1. The number of hydrogen-bond donors (Lipinski definition) is 3. The van der Waals surface area contributed by atoms with E-state index in [9.17, 15) is 14.7 Å². The maximum Gasteiger partial charge on any atom is 0.337 e. The predicted molar refractivity (Wildman–Crippen MR) is 95.8 cm³/mol. The number of carboxylic acid groups (broad SMARTS) is 2. The van der Waals surface area contributed by atoms with Gasteiger partial charge in [-0.05, 0) is 36.6 Å². The first-order valence-electron chi connectivity index (χ1n) is 7.84. The standard InChI is InChI=1S/C17H23ClO5S/c18-14-9-5-4-8-13(14)7-3-1-2-6-10-24-12-17(23,16(21)22)11-15(19)20/h4-5,8-9,23H,1-3,6-7,10-12H2,(H,19,20)(H,21,22)/t17-/m1/s1. The number of aliphatic carboxylic acids is 2. The summed E-state index contributed by atoms with van der Waals surface area (Å²) in [5, 5.41) is 28.2. The molecule has 0 saturated carbocycles. The fraction of sp³-hybridized carbons (Fsp3) is 0.529. The smallest absolute Gasteiger partial charge is 0.337 e. The number of carboxylic acids is 2. The van der Waals surface area contributed by atoms with Crippen LogP contribution in [0.5, 0.6) is 0 Å². The Morgan fingerprint density at radius 2 is 1.75 bits per heavy atom. The highest BCUT2D eigenvalue weighted by Crippen LogP contribution is 2.21. The van der Waals surface area contributed by atoms with Crippen LogP contribution in [0.3, 0.4) is 0 Å². The predicted octanol–water partition coefficient (Wildman–Crippen LogP) is 3.47. The van der Waals surface area contributed by atoms with E-state index in [-0.39, 0.29) is 5.75 Å². The van der Waals surface area contributed by atoms with Crippen molar-refractivity contribution in [3.63, 3.8) is 0 Å². The Balaban J connectivity index is 2.14. The number of carbonyl (C=O) groups is 2. The van der Waals surface area contributed by atoms with Crippen LogP contribution in [0.1, 0.15) is 37.7 Å². The molecule has 0 bridgehead atoms. The second-order valence-electron chi connectivity index (χ2n) is 5.72. The molecule has 0 unspecified atom stereocenters. The normalized spacial score (nSPS) is 13.4. The van der Waals surface area contributed by atoms with E-state index < -0.39 is 24.0 Å². The molecule has 1 rings (SSSR count). The van der Waals surface area contributed by atoms with Gasteiger partial charge >= 0.3 is 11.9 Å². The second-order valence-corrected chi connectivity index (χ2v) is 7.23. The van der Waals surface area contributed by atoms with Gasteiger partial charge in [-0.2, -0.15) is 11.8 Å². The van der Waals surface area contributed by atoms with Gasteiger partial charge < -0.3 is 15.3 Å². The zero-order valence-electron chi connectivity index (χ0n) is 13.4. The average molecular weight is 375 g/mol. The molecular weight excluding hydrogens is 352 g/mol. The Bertz CT molecular complexity index is 552. The number of aliphatic hydroxyl groups is 1. The minimum absolute atomic E-state index is 0.117. The molecule has 7 heteroatoms. The fourth-order valence-electron chi connectivity index (χ4n) is 2.25. The van der Waals surface area contributed by atoms with Crippen LogP contribution >= 0.6 is 23.4 Å². The van der Waals surface area contributed by atoms with E-state index in [0.717, 1.165) is 42.7 Å². The molecule has 0 heterocycles. The molecule has 1 aromatic rings. The Labute approximate surface area is 151 Å². The Morgan fingerprint density at radius 3 is 2.38 bits per heavy atom. The summed E-state index contributed by atoms with van der Waals surface area (Å²) in [6.45, 7) is 0. The van der Waals surface area contributed by atoms with Gasteiger partial charge in [0.1, 0.15) is 0 Å². The highest BCUT2D eigenvalue weighted by atomic mass is 35.5. The molecule has 0 amide bonds. The largest absolute Gasteiger partial charge is 0.481 e. The average Bonchev–Trinajstić information content (AvgIpc) is 2.50. The third-order valence-electron chi connectivity index (χ3n) is 3.63. The van der Waals surface area contributed by atoms with Crippen molar-refractivity contribution in [3.8, 4) is 0 Å². The zero-order chi connectivity index (χ0) is 18.0. The summed E-state index contributed by atoms with van der Waals surface area (Å²) in [5.74, 6) is -2.23. The number of thioether (sulfide) groups is 1. The summed E-state index contributed by atoms with van der Waals surface area (Å²) >= 11 is 7.37. The second kappa shape index (κ2) is 10.6. The number of benzene rings is 1. The number of unbranched alkanes of at least 4 members (excludes halogenated alkanes) is 3. The number of halogens is 1. The van der Waals surface area contributed by atoms with Gasteiger partial charge in [-0.1, -0.05) is 42.6 Å². The summed E-state index contributed by atoms with van der Waals surface area (Å²) in [5.41, 5.74) is -1.05. The molecule has 0 saturated heterocycles. The molecule has 0 aliphatic rings. The van der Waals surface area contributed by atoms with Gasteiger partial charge in [-0.15, -0.1) is 0 Å². The first-order valence-corrected chi connectivity index (χ1v) is 9.37. The van der Waals surface area contributed by atoms with Gasteiger partial charge in [-0.3, -0.25) is 4.79 Å². The third kappa shape index (κ3) is 7.55. The van der Waals surface area contributed by atoms with E-state index in [0.29, 0.717) is 5.75 Å². The Morgan fingerprint density at radius 1 is 1.08 bits per heavy atom. The van der Waals surface area contributed by atoms with Crippen LogP contribution in [-0.4, -0.2) is 44.4 Å². The van der Waals surface area contributed by atoms with Gasteiger partial charge in [0.25, 0.3) is 0 Å². The highest BCUT2D eigenvalue weighted by molar-refractivity contribution is 7.99. The van der Waals surface area contributed by atoms with Gasteiger partial charge in [0.05, 0.1) is 6.42 Å². The SMILES string of the molecule is O=C(O)C[C@@](O)(CSCCCCCCc1ccccc1Cl)C(=O)O. The number of hydrogen-bond acceptors (Lipinski definition) is 4. The molecule has 0 aliphatic heterocycles. The third-order valence-corrected chi connectivity index (χ3v) is 5.25. The maximum atomic E-state index is 11.0. The molecule has 0 spiro atoms. The van der Waals surface area contributed by atoms with Gasteiger partial charge in [-0.25, -0.2) is 4.79 Å². The van der Waals surface area contributed by atoms with E-state index in [1.807, 2.05) is 24.3 Å². The Hall–Kier alpha value is -1.24. The van der Waals surface area contributed by atoms with E-state index in [1.54, 1.807) is 0 Å². The summed E-state index contributed by atoms with van der Waals surface area (Å²) in [7, 11) is 0. The van der Waals surface area contributed by atoms with Crippen LogP contribution in [0.15, 0.2) is 24.3 Å². The van der Waals surface area contributed by atoms with Crippen LogP contribution in [0.25, 0.3) is 0 Å². The summed E-state index contributed by atoms with van der Waals surface area (Å²) in [6, 6.07) is 7.78. The quantitative estimate of drug-likeness (QED) is 0.485. The molecule has 0 aromatic heterocycles. The molecule has 0 radical (unpaired) electrons. The molecule has 3 N–H and O–H groups in total. The van der Waals surface area contributed by atoms with Crippen molar-refractivity contribution in [2.75, 3.05) is 11.5 Å². The molecule has 24 heavy (non-hydrogen) atoms. The van der Waals surface area contributed by atoms with Crippen molar-refractivity contribution >= 4 is 35.3 Å². The zero-order valence-corrected chi connectivity index (χ0v) is 15.0. The first kappa shape index (κ1) is 20.8. The monoisotopic (exact) mass is 374 g/mol. The highest BCUT2D eigenvalue weighted by Gasteiger charge is 2.38. The summed E-state index contributed by atoms with van der Waals surface area (Å²) in [4.78, 5) is 21.6. The molecule has 5 nitrogen and oxygen atoms in total. The van der Waals surface area contributed by atoms with E-state index in [2.05, 4.69) is 0 Å². The lowest BCUT2D eigenvalue weighted by Gasteiger charge is -2.20. The molecule has 0 fully saturated rings. The van der Waals surface area contributed by atoms with E-state index in [4.69, 9.17) is 21.8 Å². The maximum absolute atomic E-state index is 11.0.